The van der Waals surface area contributed by atoms with Crippen LogP contribution < -0.4 is 4.74 Å². The van der Waals surface area contributed by atoms with E-state index in [-0.39, 0.29) is 0 Å². The van der Waals surface area contributed by atoms with Crippen molar-refractivity contribution in [3.63, 3.8) is 0 Å². The average molecular weight is 213 g/mol. The van der Waals surface area contributed by atoms with Crippen molar-refractivity contribution in [3.8, 4) is 11.6 Å². The number of hydrogen-bond acceptors (Lipinski definition) is 3. The number of rotatable bonds is 3. The summed E-state index contributed by atoms with van der Waals surface area (Å²) in [5, 5.41) is 0. The van der Waals surface area contributed by atoms with E-state index in [1.165, 1.54) is 0 Å². The number of ether oxygens (including phenoxy) is 1. The molecule has 0 aliphatic carbocycles. The minimum atomic E-state index is 0.522. The molecule has 0 N–H and O–H groups in total. The van der Waals surface area contributed by atoms with Crippen molar-refractivity contribution in [3.05, 3.63) is 53.7 Å². The molecule has 16 heavy (non-hydrogen) atoms. The van der Waals surface area contributed by atoms with E-state index in [1.54, 1.807) is 36.5 Å². The Hall–Kier alpha value is -2.16. The fourth-order valence-electron chi connectivity index (χ4n) is 1.29. The normalized spacial score (nSPS) is 9.81. The van der Waals surface area contributed by atoms with Crippen molar-refractivity contribution in [2.75, 3.05) is 0 Å². The van der Waals surface area contributed by atoms with Crippen LogP contribution in [0, 0.1) is 6.92 Å². The Labute approximate surface area is 93.7 Å². The number of aryl methyl sites for hydroxylation is 1. The molecule has 0 saturated carbocycles. The summed E-state index contributed by atoms with van der Waals surface area (Å²) in [6.45, 7) is 1.96. The van der Waals surface area contributed by atoms with Crippen LogP contribution in [0.4, 0.5) is 0 Å². The molecular weight excluding hydrogens is 202 g/mol. The fourth-order valence-corrected chi connectivity index (χ4v) is 1.29. The van der Waals surface area contributed by atoms with E-state index >= 15 is 0 Å². The van der Waals surface area contributed by atoms with E-state index in [0.29, 0.717) is 17.2 Å². The smallest absolute Gasteiger partial charge is 0.219 e. The number of carbonyl (C=O) groups excluding carboxylic acids is 1. The lowest BCUT2D eigenvalue weighted by Crippen LogP contribution is -1.89. The van der Waals surface area contributed by atoms with E-state index in [4.69, 9.17) is 4.74 Å². The Morgan fingerprint density at radius 2 is 2.12 bits per heavy atom. The van der Waals surface area contributed by atoms with Crippen LogP contribution in [0.3, 0.4) is 0 Å². The first-order chi connectivity index (χ1) is 7.78. The third kappa shape index (κ3) is 2.45. The summed E-state index contributed by atoms with van der Waals surface area (Å²) in [7, 11) is 0. The molecule has 0 aliphatic heterocycles. The minimum Gasteiger partial charge on any atom is -0.439 e. The number of pyridine rings is 1. The second-order valence-electron chi connectivity index (χ2n) is 3.47. The van der Waals surface area contributed by atoms with E-state index < -0.39 is 0 Å². The lowest BCUT2D eigenvalue weighted by molar-refractivity contribution is 0.112. The fraction of sp³-hybridized carbons (Fsp3) is 0.0769. The van der Waals surface area contributed by atoms with Crippen LogP contribution in [0.1, 0.15) is 15.9 Å². The Kier molecular flexibility index (Phi) is 2.96. The third-order valence-electron chi connectivity index (χ3n) is 2.10. The molecule has 3 nitrogen and oxygen atoms in total. The Bertz CT molecular complexity index is 492. The Balaban J connectivity index is 2.20. The summed E-state index contributed by atoms with van der Waals surface area (Å²) in [5.74, 6) is 1.13. The zero-order chi connectivity index (χ0) is 11.4. The van der Waals surface area contributed by atoms with E-state index in [1.807, 2.05) is 13.0 Å². The maximum absolute atomic E-state index is 10.6. The summed E-state index contributed by atoms with van der Waals surface area (Å²) >= 11 is 0. The molecule has 1 aromatic heterocycles. The molecule has 0 radical (unpaired) electrons. The molecule has 1 heterocycles. The molecule has 3 heteroatoms. The van der Waals surface area contributed by atoms with Crippen LogP contribution in [-0.2, 0) is 0 Å². The van der Waals surface area contributed by atoms with Gasteiger partial charge in [-0.2, -0.15) is 0 Å². The quantitative estimate of drug-likeness (QED) is 0.736. The largest absolute Gasteiger partial charge is 0.439 e. The van der Waals surface area contributed by atoms with Gasteiger partial charge in [-0.1, -0.05) is 18.2 Å². The second-order valence-corrected chi connectivity index (χ2v) is 3.47. The van der Waals surface area contributed by atoms with Gasteiger partial charge in [0.05, 0.1) is 0 Å². The topological polar surface area (TPSA) is 39.2 Å². The zero-order valence-electron chi connectivity index (χ0n) is 8.88. The highest BCUT2D eigenvalue weighted by Crippen LogP contribution is 2.19. The molecule has 0 fully saturated rings. The SMILES string of the molecule is Cc1ccc(Oc2cccc(C=O)c2)nc1. The molecule has 0 unspecified atom stereocenters. The highest BCUT2D eigenvalue weighted by Gasteiger charge is 1.99. The first-order valence-corrected chi connectivity index (χ1v) is 4.94. The molecule has 2 rings (SSSR count). The average Bonchev–Trinajstić information content (AvgIpc) is 2.32. The van der Waals surface area contributed by atoms with Crippen LogP contribution in [0.2, 0.25) is 0 Å². The first kappa shape index (κ1) is 10.4. The van der Waals surface area contributed by atoms with Crippen molar-refractivity contribution in [1.82, 2.24) is 4.98 Å². The van der Waals surface area contributed by atoms with Gasteiger partial charge in [0.1, 0.15) is 12.0 Å². The third-order valence-corrected chi connectivity index (χ3v) is 2.10. The maximum atomic E-state index is 10.6. The van der Waals surface area contributed by atoms with Gasteiger partial charge in [0.25, 0.3) is 0 Å². The summed E-state index contributed by atoms with van der Waals surface area (Å²) in [6.07, 6.45) is 2.52. The standard InChI is InChI=1S/C13H11NO2/c1-10-5-6-13(14-8-10)16-12-4-2-3-11(7-12)9-15/h2-9H,1H3. The molecule has 0 aliphatic rings. The predicted octanol–water partition coefficient (Wildman–Crippen LogP) is 2.99. The van der Waals surface area contributed by atoms with E-state index in [9.17, 15) is 4.79 Å². The summed E-state index contributed by atoms with van der Waals surface area (Å²) in [6, 6.07) is 10.7. The van der Waals surface area contributed by atoms with Crippen molar-refractivity contribution < 1.29 is 9.53 Å². The number of benzene rings is 1. The number of nitrogens with zero attached hydrogens (tertiary/aromatic N) is 1. The maximum Gasteiger partial charge on any atom is 0.219 e. The monoisotopic (exact) mass is 213 g/mol. The van der Waals surface area contributed by atoms with Crippen LogP contribution in [0.25, 0.3) is 0 Å². The van der Waals surface area contributed by atoms with E-state index in [0.717, 1.165) is 11.8 Å². The van der Waals surface area contributed by atoms with Gasteiger partial charge in [0.2, 0.25) is 5.88 Å². The molecule has 0 spiro atoms. The second kappa shape index (κ2) is 4.57. The zero-order valence-corrected chi connectivity index (χ0v) is 8.88. The Morgan fingerprint density at radius 1 is 1.25 bits per heavy atom. The Morgan fingerprint density at radius 3 is 2.81 bits per heavy atom. The molecular formula is C13H11NO2. The van der Waals surface area contributed by atoms with Gasteiger partial charge in [-0.15, -0.1) is 0 Å². The van der Waals surface area contributed by atoms with Gasteiger partial charge in [-0.25, -0.2) is 4.98 Å². The number of carbonyl (C=O) groups is 1. The molecule has 80 valence electrons. The number of aldehydes is 1. The minimum absolute atomic E-state index is 0.522. The van der Waals surface area contributed by atoms with Crippen molar-refractivity contribution in [1.29, 1.82) is 0 Å². The summed E-state index contributed by atoms with van der Waals surface area (Å²) < 4.78 is 5.51. The van der Waals surface area contributed by atoms with Gasteiger partial charge in [-0.3, -0.25) is 4.79 Å². The molecule has 0 atom stereocenters. The summed E-state index contributed by atoms with van der Waals surface area (Å²) in [5.41, 5.74) is 1.67. The van der Waals surface area contributed by atoms with Crippen molar-refractivity contribution in [2.24, 2.45) is 0 Å². The molecule has 2 aromatic rings. The predicted molar refractivity (Wildman–Crippen MR) is 60.9 cm³/mol. The van der Waals surface area contributed by atoms with Gasteiger partial charge in [0, 0.05) is 17.8 Å². The highest BCUT2D eigenvalue weighted by molar-refractivity contribution is 5.75. The lowest BCUT2D eigenvalue weighted by Gasteiger charge is -2.04. The van der Waals surface area contributed by atoms with Crippen molar-refractivity contribution in [2.45, 2.75) is 6.92 Å². The summed E-state index contributed by atoms with van der Waals surface area (Å²) in [4.78, 5) is 14.7. The van der Waals surface area contributed by atoms with E-state index in [2.05, 4.69) is 4.98 Å². The molecule has 0 amide bonds. The molecule has 0 saturated heterocycles. The number of aromatic nitrogens is 1. The first-order valence-electron chi connectivity index (χ1n) is 4.94. The lowest BCUT2D eigenvalue weighted by atomic mass is 10.2. The van der Waals surface area contributed by atoms with Crippen LogP contribution >= 0.6 is 0 Å². The highest BCUT2D eigenvalue weighted by atomic mass is 16.5. The molecule has 0 bridgehead atoms. The van der Waals surface area contributed by atoms with Gasteiger partial charge >= 0.3 is 0 Å². The van der Waals surface area contributed by atoms with Gasteiger partial charge in [-0.05, 0) is 24.6 Å². The van der Waals surface area contributed by atoms with Crippen LogP contribution in [0.15, 0.2) is 42.6 Å². The van der Waals surface area contributed by atoms with Gasteiger partial charge < -0.3 is 4.74 Å². The van der Waals surface area contributed by atoms with Gasteiger partial charge in [0.15, 0.2) is 0 Å². The van der Waals surface area contributed by atoms with Crippen molar-refractivity contribution >= 4 is 6.29 Å². The molecule has 1 aromatic carbocycles. The van der Waals surface area contributed by atoms with Crippen LogP contribution in [0.5, 0.6) is 11.6 Å². The number of hydrogen-bond donors (Lipinski definition) is 0. The van der Waals surface area contributed by atoms with Crippen LogP contribution in [-0.4, -0.2) is 11.3 Å².